The second-order valence-corrected chi connectivity index (χ2v) is 26.9. The van der Waals surface area contributed by atoms with Crippen molar-refractivity contribution in [2.24, 2.45) is 10.8 Å². The van der Waals surface area contributed by atoms with Crippen molar-refractivity contribution in [2.45, 2.75) is 136 Å². The number of halogens is 3. The van der Waals surface area contributed by atoms with E-state index in [1.165, 1.54) is 12.1 Å². The summed E-state index contributed by atoms with van der Waals surface area (Å²) in [6.07, 6.45) is 5.73. The molecule has 0 spiro atoms. The van der Waals surface area contributed by atoms with Gasteiger partial charge in [0.25, 0.3) is 0 Å². The number of aliphatic carboxylic acids is 1. The maximum atomic E-state index is 15.1. The van der Waals surface area contributed by atoms with Gasteiger partial charge in [-0.2, -0.15) is 0 Å². The van der Waals surface area contributed by atoms with Crippen molar-refractivity contribution < 1.29 is 43.6 Å². The smallest absolute Gasteiger partial charge is 0.326 e. The SMILES string of the molecule is CN(C)CCNc1c(F)cccc1C1N[C@@H](CC(=O)N2CCC(n3c(=O)[nH]c4ccccc43)CC2)C(=O)N1CCC(C)(C)C.CN(C)CCNc1c(F)cccc1C1N[C@@H](CC(=O)O)C(=O)N1CCC(C)(C)C.O=C1Cc2ncccc2N1C1CCNCC1.[2H]CF. The fourth-order valence-electron chi connectivity index (χ4n) is 12.2. The molecule has 7 N–H and O–H groups in total. The monoisotopic (exact) mass is 1270 g/mol. The molecule has 24 heteroatoms. The predicted molar refractivity (Wildman–Crippen MR) is 350 cm³/mol. The van der Waals surface area contributed by atoms with Gasteiger partial charge in [0.05, 0.1) is 73.7 Å². The van der Waals surface area contributed by atoms with E-state index in [9.17, 15) is 42.7 Å². The molecule has 91 heavy (non-hydrogen) atoms. The Morgan fingerprint density at radius 1 is 0.703 bits per heavy atom. The average Bonchev–Trinajstić information content (AvgIpc) is 1.69. The Hall–Kier alpha value is -7.38. The number of anilines is 3. The van der Waals surface area contributed by atoms with Crippen LogP contribution in [0.4, 0.5) is 30.2 Å². The number of alkyl halides is 1. The van der Waals surface area contributed by atoms with Crippen molar-refractivity contribution in [3.63, 3.8) is 0 Å². The van der Waals surface area contributed by atoms with Gasteiger partial charge in [-0.25, -0.2) is 13.6 Å². The first kappa shape index (κ1) is 69.5. The molecular formula is C67H97F3N14O7. The number of nitrogens with one attached hydrogen (secondary N) is 6. The summed E-state index contributed by atoms with van der Waals surface area (Å²) in [5.74, 6) is -2.10. The van der Waals surface area contributed by atoms with Crippen LogP contribution in [0.25, 0.3) is 11.0 Å². The molecule has 2 aromatic heterocycles. The number of aromatic nitrogens is 3. The van der Waals surface area contributed by atoms with Crippen LogP contribution in [0.15, 0.2) is 83.8 Å². The lowest BCUT2D eigenvalue weighted by molar-refractivity contribution is -0.140. The number of rotatable bonds is 20. The van der Waals surface area contributed by atoms with Crippen LogP contribution in [0.5, 0.6) is 0 Å². The van der Waals surface area contributed by atoms with Gasteiger partial charge in [-0.05, 0) is 127 Å². The second kappa shape index (κ2) is 32.3. The van der Waals surface area contributed by atoms with Crippen molar-refractivity contribution in [1.29, 1.82) is 0 Å². The van der Waals surface area contributed by atoms with Gasteiger partial charge >= 0.3 is 11.7 Å². The topological polar surface area (TPSA) is 236 Å². The molecule has 7 heterocycles. The van der Waals surface area contributed by atoms with E-state index in [1.54, 1.807) is 43.7 Å². The fourth-order valence-corrected chi connectivity index (χ4v) is 12.2. The summed E-state index contributed by atoms with van der Waals surface area (Å²) in [7, 11) is 6.79. The van der Waals surface area contributed by atoms with E-state index >= 15 is 4.39 Å². The average molecular weight is 1270 g/mol. The first-order chi connectivity index (χ1) is 43.7. The standard InChI is InChI=1S/C33H46FN7O3.C21H33FN4O3.C12H15N3O.CH3F/c1-33(2,3)15-19-40-30(23-9-8-10-24(34)29(23)35-16-20-38(4)5)36-26(31(40)43)21-28(42)39-17-13-22(14-18-39)41-27-12-7-6-11-25(27)37-32(41)44;1-21(2,3)9-11-26-19(24-16(20(26)29)13-17(27)28)14-7-6-8-15(22)18(14)23-10-12-25(4)5;16-12-8-10-11(2-1-5-14-10)15(12)9-3-6-13-7-4-9;1-2/h6-12,22,26,30,35-36H,13-21H2,1-5H3,(H,37,44);6-8,16,19,23-24H,9-13H2,1-5H3,(H,27,28);1-2,5,9,13H,3-4,6-8H2;1H3/t26-,30?;16-,19?;;/m00../s1/i;;;1D. The predicted octanol–water partition coefficient (Wildman–Crippen LogP) is 7.75. The minimum atomic E-state index is -1.05. The number of aromatic amines is 1. The van der Waals surface area contributed by atoms with Crippen molar-refractivity contribution in [1.82, 2.24) is 55.0 Å². The number of carbonyl (C=O) groups excluding carboxylic acids is 4. The van der Waals surface area contributed by atoms with E-state index in [0.717, 1.165) is 74.3 Å². The second-order valence-electron chi connectivity index (χ2n) is 26.9. The third-order valence-electron chi connectivity index (χ3n) is 17.1. The van der Waals surface area contributed by atoms with Crippen LogP contribution < -0.4 is 37.2 Å². The summed E-state index contributed by atoms with van der Waals surface area (Å²) in [6.45, 7) is 19.2. The molecule has 2 unspecified atom stereocenters. The molecule has 498 valence electrons. The minimum Gasteiger partial charge on any atom is -0.481 e. The lowest BCUT2D eigenvalue weighted by atomic mass is 9.92. The highest BCUT2D eigenvalue weighted by Crippen LogP contribution is 2.38. The molecular weight excluding hydrogens is 1170 g/mol. The number of amides is 4. The maximum absolute atomic E-state index is 15.1. The number of carboxylic acid groups (broad SMARTS) is 1. The van der Waals surface area contributed by atoms with Crippen LogP contribution in [0.3, 0.4) is 0 Å². The summed E-state index contributed by atoms with van der Waals surface area (Å²) in [5, 5.41) is 25.4. The lowest BCUT2D eigenvalue weighted by Crippen LogP contribution is -2.44. The largest absolute Gasteiger partial charge is 0.481 e. The van der Waals surface area contributed by atoms with Gasteiger partial charge in [-0.15, -0.1) is 0 Å². The molecule has 10 rings (SSSR count). The van der Waals surface area contributed by atoms with Gasteiger partial charge in [0.1, 0.15) is 24.0 Å². The minimum absolute atomic E-state index is 0.00222. The zero-order valence-electron chi connectivity index (χ0n) is 55.7. The number of imidazole rings is 1. The Balaban J connectivity index is 0.000000213. The maximum Gasteiger partial charge on any atom is 0.326 e. The Morgan fingerprint density at radius 3 is 1.73 bits per heavy atom. The number of carbonyl (C=O) groups is 5. The highest BCUT2D eigenvalue weighted by atomic mass is 19.1. The van der Waals surface area contributed by atoms with Crippen LogP contribution in [-0.2, 0) is 30.4 Å². The normalized spacial score (nSPS) is 19.9. The summed E-state index contributed by atoms with van der Waals surface area (Å²) in [4.78, 5) is 94.5. The Kier molecular flexibility index (Phi) is 24.6. The highest BCUT2D eigenvalue weighted by Gasteiger charge is 2.44. The summed E-state index contributed by atoms with van der Waals surface area (Å²) >= 11 is 0. The van der Waals surface area contributed by atoms with Crippen LogP contribution in [0.2, 0.25) is 0 Å². The molecule has 4 fully saturated rings. The number of para-hydroxylation sites is 4. The van der Waals surface area contributed by atoms with Crippen molar-refractivity contribution in [3.8, 4) is 0 Å². The number of nitrogens with zero attached hydrogens (tertiary/aromatic N) is 8. The molecule has 21 nitrogen and oxygen atoms in total. The Bertz CT molecular complexity index is 3340. The van der Waals surface area contributed by atoms with Crippen molar-refractivity contribution in [2.75, 3.05) is 116 Å². The van der Waals surface area contributed by atoms with Gasteiger partial charge in [0, 0.05) is 81.8 Å². The summed E-state index contributed by atoms with van der Waals surface area (Å²) in [6, 6.07) is 20.1. The lowest BCUT2D eigenvalue weighted by Gasteiger charge is -2.33. The molecule has 5 aliphatic heterocycles. The zero-order valence-corrected chi connectivity index (χ0v) is 54.7. The molecule has 3 aromatic carbocycles. The molecule has 0 radical (unpaired) electrons. The molecule has 4 saturated heterocycles. The molecule has 4 atom stereocenters. The number of hydrogen-bond acceptors (Lipinski definition) is 14. The number of fused-ring (bicyclic) bond motifs is 2. The number of hydrogen-bond donors (Lipinski definition) is 7. The van der Waals surface area contributed by atoms with Crippen LogP contribution in [-0.4, -0.2) is 193 Å². The number of benzene rings is 3. The molecule has 4 amide bonds. The summed E-state index contributed by atoms with van der Waals surface area (Å²) in [5.41, 5.74) is 5.49. The van der Waals surface area contributed by atoms with Crippen molar-refractivity contribution >= 4 is 57.7 Å². The number of piperidine rings is 2. The molecule has 5 aliphatic rings. The molecule has 5 aromatic rings. The van der Waals surface area contributed by atoms with Gasteiger partial charge in [0.15, 0.2) is 0 Å². The number of likely N-dealkylation sites (N-methyl/N-ethyl adjacent to an activating group) is 2. The number of pyridine rings is 1. The summed E-state index contributed by atoms with van der Waals surface area (Å²) < 4.78 is 47.1. The van der Waals surface area contributed by atoms with E-state index in [1.807, 2.05) is 85.4 Å². The number of carboxylic acids is 1. The van der Waals surface area contributed by atoms with Crippen molar-refractivity contribution in [3.05, 3.63) is 118 Å². The van der Waals surface area contributed by atoms with E-state index < -0.39 is 43.4 Å². The quantitative estimate of drug-likeness (QED) is 0.0395. The fraction of sp³-hybridized carbons (Fsp3) is 0.567. The highest BCUT2D eigenvalue weighted by molar-refractivity contribution is 6.01. The first-order valence-corrected chi connectivity index (χ1v) is 31.7. The zero-order chi connectivity index (χ0) is 67.0. The third-order valence-corrected chi connectivity index (χ3v) is 17.1. The molecule has 0 bridgehead atoms. The van der Waals surface area contributed by atoms with Crippen LogP contribution in [0, 0.1) is 22.5 Å². The van der Waals surface area contributed by atoms with Gasteiger partial charge in [-0.1, -0.05) is 77.9 Å². The van der Waals surface area contributed by atoms with Crippen LogP contribution in [0.1, 0.15) is 129 Å². The number of H-pyrrole nitrogens is 1. The van der Waals surface area contributed by atoms with E-state index in [0.29, 0.717) is 87.1 Å². The number of likely N-dealkylation sites (tertiary alicyclic amines) is 1. The van der Waals surface area contributed by atoms with Gasteiger partial charge < -0.3 is 55.4 Å². The van der Waals surface area contributed by atoms with E-state index in [2.05, 4.69) is 78.1 Å². The van der Waals surface area contributed by atoms with Gasteiger partial charge in [-0.3, -0.25) is 48.5 Å². The Morgan fingerprint density at radius 2 is 1.22 bits per heavy atom. The van der Waals surface area contributed by atoms with E-state index in [-0.39, 0.29) is 64.8 Å². The Labute approximate surface area is 535 Å². The van der Waals surface area contributed by atoms with Gasteiger partial charge in [0.2, 0.25) is 23.6 Å². The molecule has 0 aliphatic carbocycles. The molecule has 0 saturated carbocycles. The third kappa shape index (κ3) is 18.9. The first-order valence-electron chi connectivity index (χ1n) is 32.4. The van der Waals surface area contributed by atoms with E-state index in [4.69, 9.17) is 1.37 Å². The van der Waals surface area contributed by atoms with Crippen LogP contribution >= 0.6 is 0 Å².